The Morgan fingerprint density at radius 2 is 1.91 bits per heavy atom. The summed E-state index contributed by atoms with van der Waals surface area (Å²) in [5.41, 5.74) is 6.31. The molecule has 3 amide bonds. The molecule has 0 bridgehead atoms. The van der Waals surface area contributed by atoms with Crippen LogP contribution < -0.4 is 20.9 Å². The molecule has 1 aromatic rings. The van der Waals surface area contributed by atoms with Crippen molar-refractivity contribution in [1.29, 1.82) is 0 Å². The van der Waals surface area contributed by atoms with E-state index >= 15 is 0 Å². The normalized spacial score (nSPS) is 20.0. The summed E-state index contributed by atoms with van der Waals surface area (Å²) < 4.78 is 5.09. The highest BCUT2D eigenvalue weighted by Crippen LogP contribution is 2.22. The molecule has 2 fully saturated rings. The molecule has 3 rings (SSSR count). The van der Waals surface area contributed by atoms with Gasteiger partial charge < -0.3 is 15.0 Å². The van der Waals surface area contributed by atoms with E-state index in [-0.39, 0.29) is 11.9 Å². The average Bonchev–Trinajstić information content (AvgIpc) is 3.24. The first-order valence-electron chi connectivity index (χ1n) is 7.94. The van der Waals surface area contributed by atoms with Crippen LogP contribution in [0.15, 0.2) is 24.3 Å². The van der Waals surface area contributed by atoms with Crippen molar-refractivity contribution >= 4 is 17.6 Å². The summed E-state index contributed by atoms with van der Waals surface area (Å²) in [5.74, 6) is 0.560. The SMILES string of the molecule is COc1ccc(NNC(=O)C2CCCN2C(=O)NC2CC2)cc1. The van der Waals surface area contributed by atoms with Crippen LogP contribution in [0.25, 0.3) is 0 Å². The van der Waals surface area contributed by atoms with E-state index in [0.717, 1.165) is 30.7 Å². The molecule has 23 heavy (non-hydrogen) atoms. The molecule has 2 aliphatic rings. The first kappa shape index (κ1) is 15.5. The highest BCUT2D eigenvalue weighted by atomic mass is 16.5. The molecule has 1 aliphatic carbocycles. The van der Waals surface area contributed by atoms with Gasteiger partial charge in [-0.3, -0.25) is 15.6 Å². The van der Waals surface area contributed by atoms with Crippen molar-refractivity contribution in [2.24, 2.45) is 0 Å². The van der Waals surface area contributed by atoms with E-state index in [0.29, 0.717) is 19.0 Å². The largest absolute Gasteiger partial charge is 0.497 e. The molecule has 1 heterocycles. The number of hydrogen-bond donors (Lipinski definition) is 3. The molecular formula is C16H22N4O3. The van der Waals surface area contributed by atoms with Crippen LogP contribution in [0.1, 0.15) is 25.7 Å². The monoisotopic (exact) mass is 318 g/mol. The van der Waals surface area contributed by atoms with Gasteiger partial charge in [0.2, 0.25) is 0 Å². The van der Waals surface area contributed by atoms with Crippen molar-refractivity contribution in [1.82, 2.24) is 15.6 Å². The van der Waals surface area contributed by atoms with Gasteiger partial charge in [0.1, 0.15) is 11.8 Å². The van der Waals surface area contributed by atoms with Gasteiger partial charge in [-0.1, -0.05) is 0 Å². The highest BCUT2D eigenvalue weighted by Gasteiger charge is 2.36. The maximum atomic E-state index is 12.3. The molecule has 0 aromatic heterocycles. The van der Waals surface area contributed by atoms with Crippen molar-refractivity contribution in [3.05, 3.63) is 24.3 Å². The number of rotatable bonds is 5. The third-order valence-corrected chi connectivity index (χ3v) is 4.14. The lowest BCUT2D eigenvalue weighted by atomic mass is 10.2. The fraction of sp³-hybridized carbons (Fsp3) is 0.500. The Hall–Kier alpha value is -2.44. The summed E-state index contributed by atoms with van der Waals surface area (Å²) >= 11 is 0. The Balaban J connectivity index is 1.52. The number of nitrogens with zero attached hydrogens (tertiary/aromatic N) is 1. The Kier molecular flexibility index (Phi) is 4.55. The molecule has 1 atom stereocenters. The van der Waals surface area contributed by atoms with E-state index in [1.807, 2.05) is 12.1 Å². The first-order valence-corrected chi connectivity index (χ1v) is 7.94. The van der Waals surface area contributed by atoms with Crippen LogP contribution in [-0.4, -0.2) is 42.6 Å². The second-order valence-corrected chi connectivity index (χ2v) is 5.92. The fourth-order valence-electron chi connectivity index (χ4n) is 2.66. The van der Waals surface area contributed by atoms with Gasteiger partial charge in [0.05, 0.1) is 12.8 Å². The molecule has 1 aromatic carbocycles. The van der Waals surface area contributed by atoms with Crippen LogP contribution >= 0.6 is 0 Å². The van der Waals surface area contributed by atoms with Crippen molar-refractivity contribution in [3.63, 3.8) is 0 Å². The fourth-order valence-corrected chi connectivity index (χ4v) is 2.66. The number of carbonyl (C=O) groups is 2. The molecule has 7 heteroatoms. The van der Waals surface area contributed by atoms with Crippen molar-refractivity contribution < 1.29 is 14.3 Å². The van der Waals surface area contributed by atoms with Crippen molar-refractivity contribution in [3.8, 4) is 5.75 Å². The number of carbonyl (C=O) groups excluding carboxylic acids is 2. The van der Waals surface area contributed by atoms with Crippen LogP contribution in [0.5, 0.6) is 5.75 Å². The Labute approximate surface area is 135 Å². The number of ether oxygens (including phenoxy) is 1. The van der Waals surface area contributed by atoms with Gasteiger partial charge in [0, 0.05) is 12.6 Å². The van der Waals surface area contributed by atoms with E-state index in [1.165, 1.54) is 0 Å². The minimum Gasteiger partial charge on any atom is -0.497 e. The predicted octanol–water partition coefficient (Wildman–Crippen LogP) is 1.47. The van der Waals surface area contributed by atoms with Crippen LogP contribution in [0.4, 0.5) is 10.5 Å². The van der Waals surface area contributed by atoms with Gasteiger partial charge in [-0.2, -0.15) is 0 Å². The number of hydrogen-bond acceptors (Lipinski definition) is 4. The molecular weight excluding hydrogens is 296 g/mol. The smallest absolute Gasteiger partial charge is 0.318 e. The summed E-state index contributed by atoms with van der Waals surface area (Å²) in [4.78, 5) is 26.1. The third kappa shape index (κ3) is 3.85. The topological polar surface area (TPSA) is 82.7 Å². The number of likely N-dealkylation sites (tertiary alicyclic amines) is 1. The molecule has 0 spiro atoms. The standard InChI is InChI=1S/C16H22N4O3/c1-23-13-8-6-12(7-9-13)18-19-15(21)14-3-2-10-20(14)16(22)17-11-4-5-11/h6-9,11,14,18H,2-5,10H2,1H3,(H,17,22)(H,19,21). The maximum Gasteiger partial charge on any atom is 0.318 e. The Morgan fingerprint density at radius 1 is 1.17 bits per heavy atom. The first-order chi connectivity index (χ1) is 11.2. The van der Waals surface area contributed by atoms with Gasteiger partial charge in [-0.25, -0.2) is 4.79 Å². The summed E-state index contributed by atoms with van der Waals surface area (Å²) in [6.45, 7) is 0.624. The third-order valence-electron chi connectivity index (χ3n) is 4.14. The highest BCUT2D eigenvalue weighted by molar-refractivity contribution is 5.88. The lowest BCUT2D eigenvalue weighted by Gasteiger charge is -2.24. The minimum absolute atomic E-state index is 0.130. The van der Waals surface area contributed by atoms with Crippen molar-refractivity contribution in [2.45, 2.75) is 37.8 Å². The summed E-state index contributed by atoms with van der Waals surface area (Å²) in [6, 6.07) is 6.98. The summed E-state index contributed by atoms with van der Waals surface area (Å²) in [6.07, 6.45) is 3.61. The zero-order valence-electron chi connectivity index (χ0n) is 13.2. The van der Waals surface area contributed by atoms with Crippen molar-refractivity contribution in [2.75, 3.05) is 19.1 Å². The molecule has 1 saturated heterocycles. The molecule has 1 saturated carbocycles. The van der Waals surface area contributed by atoms with E-state index in [4.69, 9.17) is 4.74 Å². The predicted molar refractivity (Wildman–Crippen MR) is 86.0 cm³/mol. The quantitative estimate of drug-likeness (QED) is 0.718. The van der Waals surface area contributed by atoms with Crippen LogP contribution in [0, 0.1) is 0 Å². The second-order valence-electron chi connectivity index (χ2n) is 5.92. The second kappa shape index (κ2) is 6.76. The molecule has 7 nitrogen and oxygen atoms in total. The van der Waals surface area contributed by atoms with Gasteiger partial charge in [-0.05, 0) is 49.9 Å². The van der Waals surface area contributed by atoms with Crippen LogP contribution in [0.2, 0.25) is 0 Å². The van der Waals surface area contributed by atoms with Gasteiger partial charge in [0.15, 0.2) is 0 Å². The number of benzene rings is 1. The van der Waals surface area contributed by atoms with E-state index in [2.05, 4.69) is 16.2 Å². The van der Waals surface area contributed by atoms with Crippen LogP contribution in [-0.2, 0) is 4.79 Å². The lowest BCUT2D eigenvalue weighted by Crippen LogP contribution is -2.50. The number of anilines is 1. The zero-order chi connectivity index (χ0) is 16.2. The van der Waals surface area contributed by atoms with Crippen LogP contribution in [0.3, 0.4) is 0 Å². The zero-order valence-corrected chi connectivity index (χ0v) is 13.2. The summed E-state index contributed by atoms with van der Waals surface area (Å²) in [7, 11) is 1.60. The van der Waals surface area contributed by atoms with E-state index < -0.39 is 6.04 Å². The van der Waals surface area contributed by atoms with E-state index in [9.17, 15) is 9.59 Å². The molecule has 124 valence electrons. The number of amides is 3. The van der Waals surface area contributed by atoms with Gasteiger partial charge in [-0.15, -0.1) is 0 Å². The number of hydrazine groups is 1. The Morgan fingerprint density at radius 3 is 2.57 bits per heavy atom. The number of nitrogens with one attached hydrogen (secondary N) is 3. The number of methoxy groups -OCH3 is 1. The molecule has 1 aliphatic heterocycles. The lowest BCUT2D eigenvalue weighted by molar-refractivity contribution is -0.124. The summed E-state index contributed by atoms with van der Waals surface area (Å²) in [5, 5.41) is 2.94. The Bertz CT molecular complexity index is 571. The maximum absolute atomic E-state index is 12.3. The number of urea groups is 1. The average molecular weight is 318 g/mol. The van der Waals surface area contributed by atoms with Gasteiger partial charge >= 0.3 is 6.03 Å². The van der Waals surface area contributed by atoms with E-state index in [1.54, 1.807) is 24.1 Å². The molecule has 3 N–H and O–H groups in total. The molecule has 0 radical (unpaired) electrons. The molecule has 1 unspecified atom stereocenters. The van der Waals surface area contributed by atoms with Gasteiger partial charge in [0.25, 0.3) is 5.91 Å². The minimum atomic E-state index is -0.417.